The number of para-hydroxylation sites is 2. The number of likely N-dealkylation sites (tertiary alicyclic amines) is 1. The van der Waals surface area contributed by atoms with Crippen LogP contribution in [0.2, 0.25) is 0 Å². The molecule has 1 heterocycles. The van der Waals surface area contributed by atoms with Crippen LogP contribution in [0.1, 0.15) is 65.2 Å². The van der Waals surface area contributed by atoms with E-state index in [2.05, 4.69) is 29.4 Å². The molecule has 3 N–H and O–H groups in total. The Labute approximate surface area is 170 Å². The topological polar surface area (TPSA) is 59.9 Å². The lowest BCUT2D eigenvalue weighted by Gasteiger charge is -2.33. The number of rotatable bonds is 6. The highest BCUT2D eigenvalue weighted by molar-refractivity contribution is 5.95. The maximum Gasteiger partial charge on any atom is 0.196 e. The molecule has 3 atom stereocenters. The molecule has 0 amide bonds. The second-order valence-electron chi connectivity index (χ2n) is 8.62. The van der Waals surface area contributed by atoms with E-state index in [1.165, 1.54) is 51.5 Å². The normalized spacial score (nSPS) is 26.8. The first-order valence-corrected chi connectivity index (χ1v) is 11.2. The summed E-state index contributed by atoms with van der Waals surface area (Å²) in [5.41, 5.74) is 0.710. The van der Waals surface area contributed by atoms with Crippen molar-refractivity contribution >= 4 is 11.6 Å². The van der Waals surface area contributed by atoms with Crippen LogP contribution < -0.4 is 10.6 Å². The molecule has 1 aromatic rings. The monoisotopic (exact) mass is 386 g/mol. The number of benzene rings is 1. The summed E-state index contributed by atoms with van der Waals surface area (Å²) in [6, 6.07) is 8.53. The van der Waals surface area contributed by atoms with Crippen molar-refractivity contribution < 1.29 is 5.11 Å². The second kappa shape index (κ2) is 10.7. The third kappa shape index (κ3) is 6.13. The van der Waals surface area contributed by atoms with Gasteiger partial charge in [0.1, 0.15) is 5.75 Å². The van der Waals surface area contributed by atoms with Crippen LogP contribution in [0.5, 0.6) is 5.75 Å². The fraction of sp³-hybridized carbons (Fsp3) is 0.696. The van der Waals surface area contributed by atoms with Crippen molar-refractivity contribution in [3.8, 4) is 5.75 Å². The van der Waals surface area contributed by atoms with Crippen LogP contribution in [0, 0.1) is 5.92 Å². The Bertz CT molecular complexity index is 633. The average Bonchev–Trinajstić information content (AvgIpc) is 2.70. The number of anilines is 1. The SMILES string of the molecule is CC1CCCCC1NC(=NCCCN1CCCCC1C)Nc1ccccc1O. The van der Waals surface area contributed by atoms with Crippen molar-refractivity contribution in [1.29, 1.82) is 0 Å². The van der Waals surface area contributed by atoms with E-state index in [4.69, 9.17) is 4.99 Å². The number of nitrogens with zero attached hydrogens (tertiary/aromatic N) is 2. The van der Waals surface area contributed by atoms with E-state index >= 15 is 0 Å². The van der Waals surface area contributed by atoms with E-state index in [1.807, 2.05) is 18.2 Å². The number of nitrogens with one attached hydrogen (secondary N) is 2. The van der Waals surface area contributed by atoms with Gasteiger partial charge in [0.15, 0.2) is 5.96 Å². The number of piperidine rings is 1. The summed E-state index contributed by atoms with van der Waals surface area (Å²) < 4.78 is 0. The Hall–Kier alpha value is -1.75. The lowest BCUT2D eigenvalue weighted by Crippen LogP contribution is -2.44. The first-order chi connectivity index (χ1) is 13.6. The van der Waals surface area contributed by atoms with Crippen LogP contribution in [0.15, 0.2) is 29.3 Å². The van der Waals surface area contributed by atoms with Crippen molar-refractivity contribution in [2.24, 2.45) is 10.9 Å². The first kappa shape index (κ1) is 21.0. The zero-order valence-corrected chi connectivity index (χ0v) is 17.7. The number of phenols is 1. The van der Waals surface area contributed by atoms with Crippen LogP contribution in [-0.2, 0) is 0 Å². The molecule has 2 aliphatic rings. The molecule has 1 aliphatic heterocycles. The number of aliphatic imine (C=N–C) groups is 1. The fourth-order valence-corrected chi connectivity index (χ4v) is 4.49. The number of phenolic OH excluding ortho intramolecular Hbond substituents is 1. The maximum atomic E-state index is 10.1. The number of aromatic hydroxyl groups is 1. The molecule has 1 aliphatic carbocycles. The molecule has 1 aromatic carbocycles. The Kier molecular flexibility index (Phi) is 8.01. The molecule has 5 heteroatoms. The molecule has 1 saturated carbocycles. The van der Waals surface area contributed by atoms with E-state index in [0.29, 0.717) is 23.7 Å². The minimum Gasteiger partial charge on any atom is -0.506 e. The summed E-state index contributed by atoms with van der Waals surface area (Å²) in [7, 11) is 0. The minimum atomic E-state index is 0.260. The van der Waals surface area contributed by atoms with Gasteiger partial charge in [-0.15, -0.1) is 0 Å². The van der Waals surface area contributed by atoms with Gasteiger partial charge >= 0.3 is 0 Å². The predicted molar refractivity (Wildman–Crippen MR) is 118 cm³/mol. The summed E-state index contributed by atoms with van der Waals surface area (Å²) in [6.45, 7) is 7.82. The molecule has 0 radical (unpaired) electrons. The van der Waals surface area contributed by atoms with Gasteiger partial charge in [0.25, 0.3) is 0 Å². The fourth-order valence-electron chi connectivity index (χ4n) is 4.49. The molecule has 2 fully saturated rings. The Morgan fingerprint density at radius 3 is 2.68 bits per heavy atom. The summed E-state index contributed by atoms with van der Waals surface area (Å²) in [5, 5.41) is 17.1. The summed E-state index contributed by atoms with van der Waals surface area (Å²) >= 11 is 0. The number of hydrogen-bond donors (Lipinski definition) is 3. The van der Waals surface area contributed by atoms with E-state index in [1.54, 1.807) is 6.07 Å². The van der Waals surface area contributed by atoms with E-state index in [9.17, 15) is 5.11 Å². The van der Waals surface area contributed by atoms with Crippen molar-refractivity contribution in [3.05, 3.63) is 24.3 Å². The Balaban J connectivity index is 1.59. The second-order valence-corrected chi connectivity index (χ2v) is 8.62. The molecule has 3 rings (SSSR count). The van der Waals surface area contributed by atoms with E-state index < -0.39 is 0 Å². The summed E-state index contributed by atoms with van der Waals surface area (Å²) in [5.74, 6) is 1.71. The number of hydrogen-bond acceptors (Lipinski definition) is 3. The van der Waals surface area contributed by atoms with Crippen molar-refractivity contribution in [2.45, 2.75) is 77.3 Å². The van der Waals surface area contributed by atoms with Gasteiger partial charge in [0.2, 0.25) is 0 Å². The lowest BCUT2D eigenvalue weighted by atomic mass is 9.86. The third-order valence-corrected chi connectivity index (χ3v) is 6.40. The Morgan fingerprint density at radius 2 is 1.89 bits per heavy atom. The van der Waals surface area contributed by atoms with Gasteiger partial charge in [0, 0.05) is 25.2 Å². The Morgan fingerprint density at radius 1 is 1.11 bits per heavy atom. The van der Waals surface area contributed by atoms with Gasteiger partial charge in [-0.3, -0.25) is 4.99 Å². The molecular weight excluding hydrogens is 348 g/mol. The van der Waals surface area contributed by atoms with Crippen LogP contribution in [0.3, 0.4) is 0 Å². The van der Waals surface area contributed by atoms with Gasteiger partial charge in [-0.1, -0.05) is 38.3 Å². The third-order valence-electron chi connectivity index (χ3n) is 6.40. The van der Waals surface area contributed by atoms with Gasteiger partial charge in [0.05, 0.1) is 5.69 Å². The minimum absolute atomic E-state index is 0.260. The maximum absolute atomic E-state index is 10.1. The standard InChI is InChI=1S/C23H38N4O/c1-18-10-3-4-12-20(18)25-23(26-21-13-5-6-14-22(21)28)24-15-9-17-27-16-8-7-11-19(27)2/h5-6,13-14,18-20,28H,3-4,7-12,15-17H2,1-2H3,(H2,24,25,26). The molecule has 156 valence electrons. The first-order valence-electron chi connectivity index (χ1n) is 11.2. The molecule has 0 spiro atoms. The summed E-state index contributed by atoms with van der Waals surface area (Å²) in [4.78, 5) is 7.46. The molecule has 0 aromatic heterocycles. The largest absolute Gasteiger partial charge is 0.506 e. The smallest absolute Gasteiger partial charge is 0.196 e. The van der Waals surface area contributed by atoms with Crippen LogP contribution >= 0.6 is 0 Å². The molecule has 0 bridgehead atoms. The zero-order valence-electron chi connectivity index (χ0n) is 17.7. The quantitative estimate of drug-likeness (QED) is 0.290. The van der Waals surface area contributed by atoms with Crippen LogP contribution in [-0.4, -0.2) is 47.7 Å². The molecule has 1 saturated heterocycles. The molecular formula is C23H38N4O. The van der Waals surface area contributed by atoms with Gasteiger partial charge in [-0.25, -0.2) is 0 Å². The predicted octanol–water partition coefficient (Wildman–Crippen LogP) is 4.59. The van der Waals surface area contributed by atoms with E-state index in [-0.39, 0.29) is 5.75 Å². The van der Waals surface area contributed by atoms with Crippen molar-refractivity contribution in [2.75, 3.05) is 25.0 Å². The van der Waals surface area contributed by atoms with Gasteiger partial charge in [-0.05, 0) is 63.6 Å². The highest BCUT2D eigenvalue weighted by Gasteiger charge is 2.22. The van der Waals surface area contributed by atoms with Crippen LogP contribution in [0.25, 0.3) is 0 Å². The molecule has 28 heavy (non-hydrogen) atoms. The van der Waals surface area contributed by atoms with Crippen molar-refractivity contribution in [3.63, 3.8) is 0 Å². The number of guanidine groups is 1. The molecule has 3 unspecified atom stereocenters. The van der Waals surface area contributed by atoms with E-state index in [0.717, 1.165) is 25.5 Å². The molecule has 5 nitrogen and oxygen atoms in total. The van der Waals surface area contributed by atoms with Gasteiger partial charge < -0.3 is 20.6 Å². The lowest BCUT2D eigenvalue weighted by molar-refractivity contribution is 0.160. The zero-order chi connectivity index (χ0) is 19.8. The van der Waals surface area contributed by atoms with Crippen LogP contribution in [0.4, 0.5) is 5.69 Å². The van der Waals surface area contributed by atoms with Crippen molar-refractivity contribution in [1.82, 2.24) is 10.2 Å². The summed E-state index contributed by atoms with van der Waals surface area (Å²) in [6.07, 6.45) is 10.2. The highest BCUT2D eigenvalue weighted by Crippen LogP contribution is 2.25. The van der Waals surface area contributed by atoms with Gasteiger partial charge in [-0.2, -0.15) is 0 Å². The average molecular weight is 387 g/mol. The highest BCUT2D eigenvalue weighted by atomic mass is 16.3.